The molecule has 0 saturated heterocycles. The summed E-state index contributed by atoms with van der Waals surface area (Å²) in [7, 11) is -3.25. The van der Waals surface area contributed by atoms with Gasteiger partial charge in [0.1, 0.15) is 11.3 Å². The Morgan fingerprint density at radius 3 is 2.81 bits per heavy atom. The van der Waals surface area contributed by atoms with Gasteiger partial charge in [0.25, 0.3) is 5.91 Å². The number of sulfone groups is 1. The van der Waals surface area contributed by atoms with Crippen molar-refractivity contribution in [1.82, 2.24) is 5.32 Å². The van der Waals surface area contributed by atoms with E-state index in [-0.39, 0.29) is 23.7 Å². The molecule has 2 aliphatic rings. The van der Waals surface area contributed by atoms with Crippen molar-refractivity contribution in [3.05, 3.63) is 50.2 Å². The predicted molar refractivity (Wildman–Crippen MR) is 99.9 cm³/mol. The van der Waals surface area contributed by atoms with Crippen molar-refractivity contribution < 1.29 is 22.4 Å². The van der Waals surface area contributed by atoms with E-state index in [1.54, 1.807) is 6.07 Å². The van der Waals surface area contributed by atoms with Crippen molar-refractivity contribution >= 4 is 38.3 Å². The summed E-state index contributed by atoms with van der Waals surface area (Å²) in [6.07, 6.45) is 3.83. The van der Waals surface area contributed by atoms with E-state index in [2.05, 4.69) is 5.32 Å². The molecule has 0 spiro atoms. The van der Waals surface area contributed by atoms with Gasteiger partial charge in [0.05, 0.1) is 16.8 Å². The minimum atomic E-state index is -3.25. The topological polar surface area (TPSA) is 103 Å². The number of aryl methyl sites for hydroxylation is 1. The van der Waals surface area contributed by atoms with Gasteiger partial charge in [0.2, 0.25) is 0 Å². The molecular formula is C18H16ClNO6S. The predicted octanol–water partition coefficient (Wildman–Crippen LogP) is 1.74. The molecule has 1 amide bonds. The van der Waals surface area contributed by atoms with Gasteiger partial charge in [-0.05, 0) is 37.0 Å². The minimum Gasteiger partial charge on any atom is -0.482 e. The quantitative estimate of drug-likeness (QED) is 0.771. The fraction of sp³-hybridized carbons (Fsp3) is 0.333. The van der Waals surface area contributed by atoms with E-state index in [9.17, 15) is 18.0 Å². The van der Waals surface area contributed by atoms with E-state index in [0.29, 0.717) is 22.6 Å². The molecule has 27 heavy (non-hydrogen) atoms. The molecule has 1 aromatic heterocycles. The average Bonchev–Trinajstić information content (AvgIpc) is 3.21. The van der Waals surface area contributed by atoms with Gasteiger partial charge in [-0.1, -0.05) is 11.6 Å². The molecule has 142 valence electrons. The molecule has 1 aromatic carbocycles. The third-order valence-corrected chi connectivity index (χ3v) is 6.35. The SMILES string of the molecule is O=C(COc1cc2oc(=O)c3c(c2cc1Cl)CCC3)NC1C=CS(=O)(=O)C1. The highest BCUT2D eigenvalue weighted by atomic mass is 35.5. The Morgan fingerprint density at radius 2 is 2.07 bits per heavy atom. The number of amides is 1. The number of hydrogen-bond donors (Lipinski definition) is 1. The van der Waals surface area contributed by atoms with Crippen molar-refractivity contribution in [2.75, 3.05) is 12.4 Å². The maximum absolute atomic E-state index is 12.1. The van der Waals surface area contributed by atoms with E-state index < -0.39 is 21.8 Å². The zero-order valence-electron chi connectivity index (χ0n) is 14.2. The molecule has 1 N–H and O–H groups in total. The fourth-order valence-electron chi connectivity index (χ4n) is 3.45. The highest BCUT2D eigenvalue weighted by Crippen LogP contribution is 2.34. The van der Waals surface area contributed by atoms with Crippen LogP contribution in [-0.2, 0) is 27.5 Å². The zero-order chi connectivity index (χ0) is 19.2. The van der Waals surface area contributed by atoms with Crippen molar-refractivity contribution in [2.24, 2.45) is 0 Å². The summed E-state index contributed by atoms with van der Waals surface area (Å²) in [5, 5.41) is 4.73. The summed E-state index contributed by atoms with van der Waals surface area (Å²) in [5.74, 6) is -0.422. The minimum absolute atomic E-state index is 0.161. The molecule has 1 aliphatic heterocycles. The van der Waals surface area contributed by atoms with Crippen LogP contribution in [0.3, 0.4) is 0 Å². The Hall–Kier alpha value is -2.32. The zero-order valence-corrected chi connectivity index (χ0v) is 15.7. The van der Waals surface area contributed by atoms with E-state index in [1.807, 2.05) is 0 Å². The van der Waals surface area contributed by atoms with Crippen LogP contribution in [0.25, 0.3) is 11.0 Å². The molecule has 0 radical (unpaired) electrons. The van der Waals surface area contributed by atoms with Gasteiger partial charge in [-0.15, -0.1) is 0 Å². The smallest absolute Gasteiger partial charge is 0.339 e. The number of fused-ring (bicyclic) bond motifs is 3. The number of carbonyl (C=O) groups is 1. The van der Waals surface area contributed by atoms with E-state index in [0.717, 1.165) is 29.2 Å². The first-order valence-corrected chi connectivity index (χ1v) is 10.5. The second-order valence-electron chi connectivity index (χ2n) is 6.60. The maximum atomic E-state index is 12.1. The Morgan fingerprint density at radius 1 is 1.30 bits per heavy atom. The lowest BCUT2D eigenvalue weighted by molar-refractivity contribution is -0.123. The van der Waals surface area contributed by atoms with Crippen LogP contribution in [-0.4, -0.2) is 32.7 Å². The van der Waals surface area contributed by atoms with E-state index in [4.69, 9.17) is 20.8 Å². The summed E-state index contributed by atoms with van der Waals surface area (Å²) < 4.78 is 33.5. The Balaban J connectivity index is 1.50. The number of ether oxygens (including phenoxy) is 1. The summed E-state index contributed by atoms with van der Waals surface area (Å²) in [5.41, 5.74) is 1.67. The number of carbonyl (C=O) groups excluding carboxylic acids is 1. The van der Waals surface area contributed by atoms with Gasteiger partial charge in [-0.25, -0.2) is 13.2 Å². The molecule has 2 aromatic rings. The molecule has 1 unspecified atom stereocenters. The summed E-state index contributed by atoms with van der Waals surface area (Å²) in [6.45, 7) is -0.342. The monoisotopic (exact) mass is 409 g/mol. The van der Waals surface area contributed by atoms with Crippen LogP contribution in [0.4, 0.5) is 0 Å². The van der Waals surface area contributed by atoms with Gasteiger partial charge in [-0.2, -0.15) is 0 Å². The van der Waals surface area contributed by atoms with Crippen LogP contribution in [0, 0.1) is 0 Å². The molecule has 1 aliphatic carbocycles. The highest BCUT2D eigenvalue weighted by Gasteiger charge is 2.24. The Labute approximate surface area is 159 Å². The van der Waals surface area contributed by atoms with Gasteiger partial charge in [0.15, 0.2) is 16.4 Å². The lowest BCUT2D eigenvalue weighted by Gasteiger charge is -2.12. The lowest BCUT2D eigenvalue weighted by atomic mass is 10.1. The number of benzene rings is 1. The number of rotatable bonds is 4. The molecular weight excluding hydrogens is 394 g/mol. The van der Waals surface area contributed by atoms with Gasteiger partial charge in [0, 0.05) is 22.4 Å². The van der Waals surface area contributed by atoms with Gasteiger partial charge in [-0.3, -0.25) is 4.79 Å². The molecule has 2 heterocycles. The van der Waals surface area contributed by atoms with Crippen molar-refractivity contribution in [2.45, 2.75) is 25.3 Å². The molecule has 1 atom stereocenters. The third kappa shape index (κ3) is 3.59. The van der Waals surface area contributed by atoms with Crippen molar-refractivity contribution in [1.29, 1.82) is 0 Å². The molecule has 7 nitrogen and oxygen atoms in total. The second kappa shape index (κ2) is 6.69. The fourth-order valence-corrected chi connectivity index (χ4v) is 4.90. The van der Waals surface area contributed by atoms with Crippen LogP contribution in [0.2, 0.25) is 5.02 Å². The summed E-state index contributed by atoms with van der Waals surface area (Å²) in [6, 6.07) is 2.62. The van der Waals surface area contributed by atoms with Crippen LogP contribution in [0.5, 0.6) is 5.75 Å². The lowest BCUT2D eigenvalue weighted by Crippen LogP contribution is -2.38. The Bertz CT molecular complexity index is 1130. The first-order chi connectivity index (χ1) is 12.8. The number of halogens is 1. The van der Waals surface area contributed by atoms with E-state index >= 15 is 0 Å². The first kappa shape index (κ1) is 18.1. The summed E-state index contributed by atoms with van der Waals surface area (Å²) >= 11 is 6.27. The second-order valence-corrected chi connectivity index (χ2v) is 8.94. The van der Waals surface area contributed by atoms with Crippen molar-refractivity contribution in [3.8, 4) is 5.75 Å². The van der Waals surface area contributed by atoms with Crippen LogP contribution in [0.15, 0.2) is 32.8 Å². The maximum Gasteiger partial charge on any atom is 0.339 e. The molecule has 0 fully saturated rings. The molecule has 4 rings (SSSR count). The molecule has 0 bridgehead atoms. The largest absolute Gasteiger partial charge is 0.482 e. The van der Waals surface area contributed by atoms with Crippen LogP contribution in [0.1, 0.15) is 17.5 Å². The summed E-state index contributed by atoms with van der Waals surface area (Å²) in [4.78, 5) is 24.1. The average molecular weight is 410 g/mol. The number of hydrogen-bond acceptors (Lipinski definition) is 6. The number of nitrogens with one attached hydrogen (secondary N) is 1. The first-order valence-electron chi connectivity index (χ1n) is 8.43. The van der Waals surface area contributed by atoms with Crippen LogP contribution >= 0.6 is 11.6 Å². The van der Waals surface area contributed by atoms with Gasteiger partial charge < -0.3 is 14.5 Å². The molecule has 9 heteroatoms. The molecule has 0 saturated carbocycles. The normalized spacial score (nSPS) is 20.0. The third-order valence-electron chi connectivity index (χ3n) is 4.66. The van der Waals surface area contributed by atoms with Crippen LogP contribution < -0.4 is 15.7 Å². The Kier molecular flexibility index (Phi) is 4.47. The van der Waals surface area contributed by atoms with Gasteiger partial charge >= 0.3 is 5.63 Å². The van der Waals surface area contributed by atoms with E-state index in [1.165, 1.54) is 12.1 Å². The van der Waals surface area contributed by atoms with Crippen molar-refractivity contribution in [3.63, 3.8) is 0 Å². The highest BCUT2D eigenvalue weighted by molar-refractivity contribution is 7.94. The standard InChI is InChI=1S/C18H16ClNO6S/c19-14-6-13-11-2-1-3-12(11)18(22)26-15(13)7-16(14)25-8-17(21)20-10-4-5-27(23,24)9-10/h4-7,10H,1-3,8-9H2,(H,20,21).